The number of nitrogens with one attached hydrogen (secondary N) is 1. The van der Waals surface area contributed by atoms with Crippen molar-refractivity contribution in [2.75, 3.05) is 18.5 Å². The summed E-state index contributed by atoms with van der Waals surface area (Å²) in [6.45, 7) is 7.97. The predicted molar refractivity (Wildman–Crippen MR) is 133 cm³/mol. The number of benzene rings is 2. The first-order valence-corrected chi connectivity index (χ1v) is 12.1. The molecule has 0 spiro atoms. The topological polar surface area (TPSA) is 64.6 Å². The number of carbonyl (C=O) groups excluding carboxylic acids is 2. The number of carbonyl (C=O) groups is 2. The van der Waals surface area contributed by atoms with Crippen molar-refractivity contribution in [2.24, 2.45) is 0 Å². The van der Waals surface area contributed by atoms with E-state index in [2.05, 4.69) is 35.1 Å². The SMILES string of the molecule is CCOC(=O)c1c(-c2ccccc2)csc1NC(=O)COc1cc(C)c(Br)cc1C(C)C. The molecule has 0 aliphatic heterocycles. The van der Waals surface area contributed by atoms with E-state index in [4.69, 9.17) is 9.47 Å². The molecule has 3 rings (SSSR count). The van der Waals surface area contributed by atoms with Gasteiger partial charge in [-0.25, -0.2) is 4.79 Å². The van der Waals surface area contributed by atoms with Crippen molar-refractivity contribution in [1.29, 1.82) is 0 Å². The normalized spacial score (nSPS) is 10.8. The zero-order chi connectivity index (χ0) is 23.3. The van der Waals surface area contributed by atoms with Gasteiger partial charge in [0.15, 0.2) is 6.61 Å². The number of halogens is 1. The summed E-state index contributed by atoms with van der Waals surface area (Å²) in [5, 5.41) is 5.13. The van der Waals surface area contributed by atoms with Gasteiger partial charge in [0.1, 0.15) is 16.3 Å². The highest BCUT2D eigenvalue weighted by molar-refractivity contribution is 9.10. The average molecular weight is 516 g/mol. The smallest absolute Gasteiger partial charge is 0.341 e. The number of thiophene rings is 1. The maximum Gasteiger partial charge on any atom is 0.341 e. The zero-order valence-electron chi connectivity index (χ0n) is 18.5. The molecular formula is C25H26BrNO4S. The molecule has 1 aromatic heterocycles. The monoisotopic (exact) mass is 515 g/mol. The number of anilines is 1. The predicted octanol–water partition coefficient (Wildman–Crippen LogP) is 6.80. The lowest BCUT2D eigenvalue weighted by molar-refractivity contribution is -0.118. The third-order valence-electron chi connectivity index (χ3n) is 4.88. The third-order valence-corrected chi connectivity index (χ3v) is 6.63. The molecule has 32 heavy (non-hydrogen) atoms. The fraction of sp³-hybridized carbons (Fsp3) is 0.280. The minimum absolute atomic E-state index is 0.165. The molecule has 0 radical (unpaired) electrons. The number of rotatable bonds is 8. The van der Waals surface area contributed by atoms with E-state index in [-0.39, 0.29) is 25.0 Å². The molecule has 5 nitrogen and oxygen atoms in total. The van der Waals surface area contributed by atoms with Gasteiger partial charge in [-0.2, -0.15) is 0 Å². The van der Waals surface area contributed by atoms with E-state index >= 15 is 0 Å². The summed E-state index contributed by atoms with van der Waals surface area (Å²) in [5.74, 6) is 0.116. The molecule has 3 aromatic rings. The quantitative estimate of drug-likeness (QED) is 0.335. The molecule has 0 aliphatic rings. The van der Waals surface area contributed by atoms with Crippen molar-refractivity contribution < 1.29 is 19.1 Å². The summed E-state index contributed by atoms with van der Waals surface area (Å²) < 4.78 is 12.1. The van der Waals surface area contributed by atoms with E-state index in [9.17, 15) is 9.59 Å². The molecule has 0 bridgehead atoms. The fourth-order valence-electron chi connectivity index (χ4n) is 3.24. The molecule has 0 aliphatic carbocycles. The Hall–Kier alpha value is -2.64. The van der Waals surface area contributed by atoms with Gasteiger partial charge in [-0.1, -0.05) is 60.1 Å². The first kappa shape index (κ1) is 24.0. The number of esters is 1. The maximum atomic E-state index is 12.7. The molecule has 0 unspecified atom stereocenters. The van der Waals surface area contributed by atoms with Gasteiger partial charge in [0.05, 0.1) is 6.61 Å². The van der Waals surface area contributed by atoms with Crippen molar-refractivity contribution in [3.05, 3.63) is 69.0 Å². The van der Waals surface area contributed by atoms with Crippen LogP contribution in [-0.4, -0.2) is 25.1 Å². The van der Waals surface area contributed by atoms with Crippen LogP contribution in [0, 0.1) is 6.92 Å². The third kappa shape index (κ3) is 5.58. The van der Waals surface area contributed by atoms with Gasteiger partial charge in [-0.15, -0.1) is 11.3 Å². The molecular weight excluding hydrogens is 490 g/mol. The molecule has 0 fully saturated rings. The Morgan fingerprint density at radius 2 is 1.88 bits per heavy atom. The minimum Gasteiger partial charge on any atom is -0.483 e. The molecule has 1 amide bonds. The second-order valence-corrected chi connectivity index (χ2v) is 9.30. The van der Waals surface area contributed by atoms with Gasteiger partial charge in [0.2, 0.25) is 0 Å². The van der Waals surface area contributed by atoms with Gasteiger partial charge >= 0.3 is 5.97 Å². The second kappa shape index (κ2) is 10.8. The Bertz CT molecular complexity index is 1110. The molecule has 0 saturated carbocycles. The van der Waals surface area contributed by atoms with Crippen LogP contribution in [0.3, 0.4) is 0 Å². The van der Waals surface area contributed by atoms with Gasteiger partial charge in [0.25, 0.3) is 5.91 Å². The van der Waals surface area contributed by atoms with Crippen LogP contribution in [0.15, 0.2) is 52.3 Å². The Morgan fingerprint density at radius 3 is 2.53 bits per heavy atom. The van der Waals surface area contributed by atoms with E-state index < -0.39 is 5.97 Å². The molecule has 7 heteroatoms. The molecule has 2 aromatic carbocycles. The lowest BCUT2D eigenvalue weighted by Gasteiger charge is -2.16. The average Bonchev–Trinajstić information content (AvgIpc) is 3.18. The van der Waals surface area contributed by atoms with Crippen LogP contribution in [0.4, 0.5) is 5.00 Å². The highest BCUT2D eigenvalue weighted by atomic mass is 79.9. The Morgan fingerprint density at radius 1 is 1.16 bits per heavy atom. The second-order valence-electron chi connectivity index (χ2n) is 7.57. The Labute approximate surface area is 200 Å². The maximum absolute atomic E-state index is 12.7. The summed E-state index contributed by atoms with van der Waals surface area (Å²) in [7, 11) is 0. The number of hydrogen-bond donors (Lipinski definition) is 1. The first-order valence-electron chi connectivity index (χ1n) is 10.4. The van der Waals surface area contributed by atoms with E-state index in [1.807, 2.05) is 54.8 Å². The van der Waals surface area contributed by atoms with Gasteiger partial charge in [-0.05, 0) is 48.6 Å². The highest BCUT2D eigenvalue weighted by Gasteiger charge is 2.23. The van der Waals surface area contributed by atoms with Gasteiger partial charge in [-0.3, -0.25) is 4.79 Å². The standard InChI is InChI=1S/C25H26BrNO4S/c1-5-30-25(29)23-19(17-9-7-6-8-10-17)14-32-24(23)27-22(28)13-31-21-11-16(4)20(26)12-18(21)15(2)3/h6-12,14-15H,5,13H2,1-4H3,(H,27,28). The molecule has 1 N–H and O–H groups in total. The number of hydrogen-bond acceptors (Lipinski definition) is 5. The molecule has 0 saturated heterocycles. The number of amides is 1. The van der Waals surface area contributed by atoms with E-state index in [1.165, 1.54) is 11.3 Å². The first-order chi connectivity index (χ1) is 15.3. The van der Waals surface area contributed by atoms with Gasteiger partial charge in [0, 0.05) is 15.4 Å². The van der Waals surface area contributed by atoms with E-state index in [0.29, 0.717) is 16.3 Å². The van der Waals surface area contributed by atoms with Crippen LogP contribution in [0.1, 0.15) is 48.2 Å². The van der Waals surface area contributed by atoms with Crippen molar-refractivity contribution >= 4 is 44.1 Å². The molecule has 168 valence electrons. The largest absolute Gasteiger partial charge is 0.483 e. The van der Waals surface area contributed by atoms with Crippen molar-refractivity contribution in [1.82, 2.24) is 0 Å². The van der Waals surface area contributed by atoms with Crippen LogP contribution in [0.5, 0.6) is 5.75 Å². The minimum atomic E-state index is -0.463. The Balaban J connectivity index is 1.81. The van der Waals surface area contributed by atoms with Crippen LogP contribution < -0.4 is 10.1 Å². The molecule has 1 heterocycles. The van der Waals surface area contributed by atoms with Crippen molar-refractivity contribution in [3.8, 4) is 16.9 Å². The summed E-state index contributed by atoms with van der Waals surface area (Å²) >= 11 is 4.84. The lowest BCUT2D eigenvalue weighted by Crippen LogP contribution is -2.21. The molecule has 0 atom stereocenters. The van der Waals surface area contributed by atoms with Gasteiger partial charge < -0.3 is 14.8 Å². The van der Waals surface area contributed by atoms with Crippen LogP contribution in [-0.2, 0) is 9.53 Å². The summed E-state index contributed by atoms with van der Waals surface area (Å²) in [6.07, 6.45) is 0. The number of aryl methyl sites for hydroxylation is 1. The highest BCUT2D eigenvalue weighted by Crippen LogP contribution is 2.36. The Kier molecular flexibility index (Phi) is 8.10. The van der Waals surface area contributed by atoms with E-state index in [1.54, 1.807) is 6.92 Å². The fourth-order valence-corrected chi connectivity index (χ4v) is 4.57. The van der Waals surface area contributed by atoms with Crippen LogP contribution in [0.25, 0.3) is 11.1 Å². The summed E-state index contributed by atoms with van der Waals surface area (Å²) in [5.41, 5.74) is 4.02. The number of ether oxygens (including phenoxy) is 2. The van der Waals surface area contributed by atoms with Crippen LogP contribution >= 0.6 is 27.3 Å². The zero-order valence-corrected chi connectivity index (χ0v) is 20.9. The van der Waals surface area contributed by atoms with Crippen LogP contribution in [0.2, 0.25) is 0 Å². The summed E-state index contributed by atoms with van der Waals surface area (Å²) in [6, 6.07) is 13.5. The van der Waals surface area contributed by atoms with E-state index in [0.717, 1.165) is 26.7 Å². The van der Waals surface area contributed by atoms with Crippen molar-refractivity contribution in [2.45, 2.75) is 33.6 Å². The summed E-state index contributed by atoms with van der Waals surface area (Å²) in [4.78, 5) is 25.4. The van der Waals surface area contributed by atoms with Crippen molar-refractivity contribution in [3.63, 3.8) is 0 Å². The lowest BCUT2D eigenvalue weighted by atomic mass is 10.0.